The van der Waals surface area contributed by atoms with Gasteiger partial charge in [-0.05, 0) is 36.8 Å². The average molecular weight is 286 g/mol. The number of anilines is 1. The minimum atomic E-state index is 0.289. The third kappa shape index (κ3) is 2.26. The maximum absolute atomic E-state index is 5.91. The van der Waals surface area contributed by atoms with Crippen LogP contribution in [-0.2, 0) is 0 Å². The van der Waals surface area contributed by atoms with Gasteiger partial charge in [0.25, 0.3) is 0 Å². The van der Waals surface area contributed by atoms with Crippen LogP contribution < -0.4 is 5.73 Å². The fourth-order valence-electron chi connectivity index (χ4n) is 2.09. The molecule has 2 N–H and O–H groups in total. The Morgan fingerprint density at radius 1 is 1.10 bits per heavy atom. The van der Waals surface area contributed by atoms with E-state index in [1.54, 1.807) is 6.20 Å². The van der Waals surface area contributed by atoms with Crippen molar-refractivity contribution in [1.29, 1.82) is 0 Å². The van der Waals surface area contributed by atoms with E-state index in [2.05, 4.69) is 10.1 Å². The maximum atomic E-state index is 5.91. The zero-order valence-electron chi connectivity index (χ0n) is 10.8. The summed E-state index contributed by atoms with van der Waals surface area (Å²) < 4.78 is 5.15. The molecule has 0 saturated carbocycles. The van der Waals surface area contributed by atoms with Gasteiger partial charge in [-0.15, -0.1) is 0 Å². The molecule has 5 heteroatoms. The molecule has 0 bridgehead atoms. The smallest absolute Gasteiger partial charge is 0.230 e. The first-order valence-electron chi connectivity index (χ1n) is 6.09. The second-order valence-electron chi connectivity index (χ2n) is 4.46. The van der Waals surface area contributed by atoms with Crippen LogP contribution in [0.5, 0.6) is 0 Å². The zero-order chi connectivity index (χ0) is 14.1. The molecule has 0 amide bonds. The third-order valence-electron chi connectivity index (χ3n) is 3.02. The Hall–Kier alpha value is -2.33. The number of halogens is 1. The van der Waals surface area contributed by atoms with Crippen LogP contribution in [0, 0.1) is 6.92 Å². The molecule has 4 nitrogen and oxygen atoms in total. The molecule has 0 saturated heterocycles. The van der Waals surface area contributed by atoms with Crippen molar-refractivity contribution in [1.82, 2.24) is 10.1 Å². The van der Waals surface area contributed by atoms with Gasteiger partial charge in [-0.3, -0.25) is 4.98 Å². The van der Waals surface area contributed by atoms with Gasteiger partial charge in [0.1, 0.15) is 5.69 Å². The first kappa shape index (κ1) is 12.7. The van der Waals surface area contributed by atoms with E-state index in [4.69, 9.17) is 21.9 Å². The number of aromatic nitrogens is 2. The van der Waals surface area contributed by atoms with Crippen molar-refractivity contribution in [3.8, 4) is 22.4 Å². The highest BCUT2D eigenvalue weighted by Crippen LogP contribution is 2.36. The highest BCUT2D eigenvalue weighted by Gasteiger charge is 2.17. The number of pyridine rings is 1. The second kappa shape index (κ2) is 4.98. The number of benzene rings is 1. The van der Waals surface area contributed by atoms with Gasteiger partial charge in [0.2, 0.25) is 5.88 Å². The van der Waals surface area contributed by atoms with E-state index in [-0.39, 0.29) is 5.88 Å². The van der Waals surface area contributed by atoms with Gasteiger partial charge < -0.3 is 10.3 Å². The number of hydrogen-bond donors (Lipinski definition) is 1. The normalized spacial score (nSPS) is 10.7. The summed E-state index contributed by atoms with van der Waals surface area (Å²) >= 11 is 5.91. The van der Waals surface area contributed by atoms with Crippen LogP contribution in [-0.4, -0.2) is 10.1 Å². The van der Waals surface area contributed by atoms with Crippen LogP contribution in [0.25, 0.3) is 22.4 Å². The molecule has 0 aliphatic carbocycles. The average Bonchev–Trinajstić information content (AvgIpc) is 2.82. The van der Waals surface area contributed by atoms with Crippen molar-refractivity contribution in [3.63, 3.8) is 0 Å². The monoisotopic (exact) mass is 285 g/mol. The number of nitrogens with two attached hydrogens (primary N) is 1. The Morgan fingerprint density at radius 3 is 2.55 bits per heavy atom. The molecule has 20 heavy (non-hydrogen) atoms. The minimum absolute atomic E-state index is 0.289. The fourth-order valence-corrected chi connectivity index (χ4v) is 2.21. The van der Waals surface area contributed by atoms with Crippen molar-refractivity contribution in [2.75, 3.05) is 5.73 Å². The van der Waals surface area contributed by atoms with Crippen molar-refractivity contribution in [2.45, 2.75) is 6.92 Å². The molecule has 0 atom stereocenters. The Labute approximate surface area is 121 Å². The highest BCUT2D eigenvalue weighted by molar-refractivity contribution is 6.30. The summed E-state index contributed by atoms with van der Waals surface area (Å²) in [6.45, 7) is 1.93. The summed E-state index contributed by atoms with van der Waals surface area (Å²) in [7, 11) is 0. The molecule has 0 aliphatic rings. The Bertz CT molecular complexity index is 750. The fraction of sp³-hybridized carbons (Fsp3) is 0.0667. The van der Waals surface area contributed by atoms with Crippen molar-refractivity contribution >= 4 is 17.5 Å². The first-order chi connectivity index (χ1) is 9.65. The standard InChI is InChI=1S/C15H12ClN3O/c1-9-8-11(6-7-18-9)14-13(15(17)20-19-14)10-2-4-12(16)5-3-10/h2-8H,17H2,1H3. The zero-order valence-corrected chi connectivity index (χ0v) is 11.6. The number of hydrogen-bond acceptors (Lipinski definition) is 4. The summed E-state index contributed by atoms with van der Waals surface area (Å²) in [6, 6.07) is 11.2. The maximum Gasteiger partial charge on any atom is 0.230 e. The Morgan fingerprint density at radius 2 is 1.85 bits per heavy atom. The van der Waals surface area contributed by atoms with E-state index in [0.717, 1.165) is 22.4 Å². The van der Waals surface area contributed by atoms with Gasteiger partial charge >= 0.3 is 0 Å². The topological polar surface area (TPSA) is 64.9 Å². The van der Waals surface area contributed by atoms with Gasteiger partial charge in [0.15, 0.2) is 0 Å². The van der Waals surface area contributed by atoms with Crippen LogP contribution in [0.3, 0.4) is 0 Å². The van der Waals surface area contributed by atoms with Crippen LogP contribution in [0.15, 0.2) is 47.1 Å². The van der Waals surface area contributed by atoms with Crippen molar-refractivity contribution in [2.24, 2.45) is 0 Å². The summed E-state index contributed by atoms with van der Waals surface area (Å²) in [5.41, 5.74) is 10.1. The van der Waals surface area contributed by atoms with Gasteiger partial charge in [-0.1, -0.05) is 28.9 Å². The quantitative estimate of drug-likeness (QED) is 0.774. The summed E-state index contributed by atoms with van der Waals surface area (Å²) in [5, 5.41) is 4.74. The molecule has 0 radical (unpaired) electrons. The number of rotatable bonds is 2. The predicted molar refractivity (Wildman–Crippen MR) is 79.3 cm³/mol. The summed E-state index contributed by atoms with van der Waals surface area (Å²) in [4.78, 5) is 4.18. The first-order valence-corrected chi connectivity index (χ1v) is 6.47. The van der Waals surface area contributed by atoms with Crippen molar-refractivity contribution in [3.05, 3.63) is 53.3 Å². The molecule has 3 rings (SSSR count). The van der Waals surface area contributed by atoms with E-state index < -0.39 is 0 Å². The Balaban J connectivity index is 2.17. The van der Waals surface area contributed by atoms with E-state index in [1.165, 1.54) is 0 Å². The molecule has 1 aromatic carbocycles. The highest BCUT2D eigenvalue weighted by atomic mass is 35.5. The molecule has 0 spiro atoms. The SMILES string of the molecule is Cc1cc(-c2noc(N)c2-c2ccc(Cl)cc2)ccn1. The Kier molecular flexibility index (Phi) is 3.16. The molecule has 3 aromatic rings. The molecule has 2 heterocycles. The minimum Gasteiger partial charge on any atom is -0.367 e. The van der Waals surface area contributed by atoms with Gasteiger partial charge in [-0.2, -0.15) is 0 Å². The molecule has 0 aliphatic heterocycles. The third-order valence-corrected chi connectivity index (χ3v) is 3.27. The van der Waals surface area contributed by atoms with Crippen LogP contribution in [0.4, 0.5) is 5.88 Å². The van der Waals surface area contributed by atoms with Gasteiger partial charge in [0.05, 0.1) is 5.56 Å². The lowest BCUT2D eigenvalue weighted by molar-refractivity contribution is 0.439. The molecule has 0 fully saturated rings. The lowest BCUT2D eigenvalue weighted by atomic mass is 10.0. The van der Waals surface area contributed by atoms with E-state index >= 15 is 0 Å². The molecular formula is C15H12ClN3O. The number of nitrogen functional groups attached to an aromatic ring is 1. The largest absolute Gasteiger partial charge is 0.367 e. The molecular weight excluding hydrogens is 274 g/mol. The van der Waals surface area contributed by atoms with E-state index in [0.29, 0.717) is 10.7 Å². The van der Waals surface area contributed by atoms with E-state index in [9.17, 15) is 0 Å². The van der Waals surface area contributed by atoms with Crippen LogP contribution >= 0.6 is 11.6 Å². The van der Waals surface area contributed by atoms with Crippen LogP contribution in [0.2, 0.25) is 5.02 Å². The van der Waals surface area contributed by atoms with Gasteiger partial charge in [0, 0.05) is 22.5 Å². The molecule has 2 aromatic heterocycles. The summed E-state index contributed by atoms with van der Waals surface area (Å²) in [6.07, 6.45) is 1.74. The van der Waals surface area contributed by atoms with Crippen molar-refractivity contribution < 1.29 is 4.52 Å². The number of aryl methyl sites for hydroxylation is 1. The lowest BCUT2D eigenvalue weighted by Gasteiger charge is -2.03. The predicted octanol–water partition coefficient (Wildman–Crippen LogP) is 3.95. The summed E-state index contributed by atoms with van der Waals surface area (Å²) in [5.74, 6) is 0.289. The van der Waals surface area contributed by atoms with E-state index in [1.807, 2.05) is 43.3 Å². The second-order valence-corrected chi connectivity index (χ2v) is 4.90. The molecule has 100 valence electrons. The van der Waals surface area contributed by atoms with Gasteiger partial charge in [-0.25, -0.2) is 0 Å². The van der Waals surface area contributed by atoms with Crippen LogP contribution in [0.1, 0.15) is 5.69 Å². The molecule has 0 unspecified atom stereocenters. The lowest BCUT2D eigenvalue weighted by Crippen LogP contribution is -1.89. The number of nitrogens with zero attached hydrogens (tertiary/aromatic N) is 2.